The molecule has 4 unspecified atom stereocenters. The van der Waals surface area contributed by atoms with Gasteiger partial charge < -0.3 is 5.32 Å². The lowest BCUT2D eigenvalue weighted by atomic mass is 9.82. The molecule has 1 N–H and O–H groups in total. The lowest BCUT2D eigenvalue weighted by molar-refractivity contribution is 0.278. The Morgan fingerprint density at radius 3 is 2.85 bits per heavy atom. The molecule has 0 aromatic heterocycles. The van der Waals surface area contributed by atoms with Crippen molar-refractivity contribution >= 4 is 15.9 Å². The van der Waals surface area contributed by atoms with E-state index in [1.54, 1.807) is 12.1 Å². The topological polar surface area (TPSA) is 12.0 Å². The highest BCUT2D eigenvalue weighted by Crippen LogP contribution is 2.51. The van der Waals surface area contributed by atoms with E-state index in [1.807, 2.05) is 6.07 Å². The SMILES string of the molecule is CCNC(CC1CC2CCC1C2)c1cc(Br)ccc1F. The molecular weight excluding hydrogens is 317 g/mol. The third kappa shape index (κ3) is 2.94. The van der Waals surface area contributed by atoms with Crippen LogP contribution in [-0.2, 0) is 0 Å². The lowest BCUT2D eigenvalue weighted by Crippen LogP contribution is -2.26. The molecule has 2 saturated carbocycles. The average molecular weight is 340 g/mol. The Balaban J connectivity index is 1.76. The molecule has 20 heavy (non-hydrogen) atoms. The van der Waals surface area contributed by atoms with Crippen LogP contribution in [0.25, 0.3) is 0 Å². The third-order valence-electron chi connectivity index (χ3n) is 5.21. The summed E-state index contributed by atoms with van der Waals surface area (Å²) in [5.74, 6) is 2.56. The van der Waals surface area contributed by atoms with Gasteiger partial charge in [-0.25, -0.2) is 4.39 Å². The van der Waals surface area contributed by atoms with E-state index in [1.165, 1.54) is 25.7 Å². The highest BCUT2D eigenvalue weighted by molar-refractivity contribution is 9.10. The van der Waals surface area contributed by atoms with E-state index in [2.05, 4.69) is 28.2 Å². The standard InChI is InChI=1S/C17H23BrFN/c1-2-20-17(15-10-14(18)5-6-16(15)19)9-13-8-11-3-4-12(13)7-11/h5-6,10-13,17,20H,2-4,7-9H2,1H3. The Bertz CT molecular complexity index is 476. The number of hydrogen-bond acceptors (Lipinski definition) is 1. The van der Waals surface area contributed by atoms with Crippen LogP contribution in [0.2, 0.25) is 0 Å². The Morgan fingerprint density at radius 2 is 2.20 bits per heavy atom. The summed E-state index contributed by atoms with van der Waals surface area (Å²) in [5.41, 5.74) is 0.823. The molecule has 0 amide bonds. The second kappa shape index (κ2) is 6.15. The molecule has 2 aliphatic carbocycles. The monoisotopic (exact) mass is 339 g/mol. The number of hydrogen-bond donors (Lipinski definition) is 1. The first-order valence-corrected chi connectivity index (χ1v) is 8.65. The zero-order chi connectivity index (χ0) is 14.1. The van der Waals surface area contributed by atoms with E-state index in [0.29, 0.717) is 0 Å². The molecule has 1 aromatic rings. The highest BCUT2D eigenvalue weighted by atomic mass is 79.9. The van der Waals surface area contributed by atoms with Gasteiger partial charge in [-0.15, -0.1) is 0 Å². The van der Waals surface area contributed by atoms with E-state index >= 15 is 0 Å². The lowest BCUT2D eigenvalue weighted by Gasteiger charge is -2.28. The van der Waals surface area contributed by atoms with Crippen molar-refractivity contribution in [1.29, 1.82) is 0 Å². The molecule has 3 rings (SSSR count). The van der Waals surface area contributed by atoms with E-state index in [-0.39, 0.29) is 11.9 Å². The molecule has 3 heteroatoms. The van der Waals surface area contributed by atoms with Gasteiger partial charge in [0.2, 0.25) is 0 Å². The van der Waals surface area contributed by atoms with Crippen molar-refractivity contribution in [3.8, 4) is 0 Å². The van der Waals surface area contributed by atoms with Crippen LogP contribution in [0.15, 0.2) is 22.7 Å². The van der Waals surface area contributed by atoms with Gasteiger partial charge >= 0.3 is 0 Å². The molecule has 0 aliphatic heterocycles. The maximum Gasteiger partial charge on any atom is 0.128 e. The molecule has 2 bridgehead atoms. The molecule has 2 fully saturated rings. The fraction of sp³-hybridized carbons (Fsp3) is 0.647. The quantitative estimate of drug-likeness (QED) is 0.789. The van der Waals surface area contributed by atoms with Gasteiger partial charge in [-0.05, 0) is 68.2 Å². The Labute approximate surface area is 129 Å². The fourth-order valence-corrected chi connectivity index (χ4v) is 4.69. The summed E-state index contributed by atoms with van der Waals surface area (Å²) in [7, 11) is 0. The minimum absolute atomic E-state index is 0.0812. The Hall–Kier alpha value is -0.410. The van der Waals surface area contributed by atoms with Gasteiger partial charge in [0.15, 0.2) is 0 Å². The van der Waals surface area contributed by atoms with Crippen LogP contribution >= 0.6 is 15.9 Å². The predicted molar refractivity (Wildman–Crippen MR) is 84.1 cm³/mol. The first-order chi connectivity index (χ1) is 9.67. The first-order valence-electron chi connectivity index (χ1n) is 7.85. The minimum atomic E-state index is -0.0812. The zero-order valence-electron chi connectivity index (χ0n) is 12.0. The molecule has 0 heterocycles. The van der Waals surface area contributed by atoms with Crippen molar-refractivity contribution in [2.24, 2.45) is 17.8 Å². The van der Waals surface area contributed by atoms with Crippen molar-refractivity contribution in [2.45, 2.75) is 45.1 Å². The largest absolute Gasteiger partial charge is 0.310 e. The predicted octanol–water partition coefficient (Wildman–Crippen LogP) is 5.07. The second-order valence-electron chi connectivity index (χ2n) is 6.45. The number of rotatable bonds is 5. The molecule has 0 spiro atoms. The van der Waals surface area contributed by atoms with Crippen molar-refractivity contribution in [1.82, 2.24) is 5.32 Å². The number of fused-ring (bicyclic) bond motifs is 2. The second-order valence-corrected chi connectivity index (χ2v) is 7.36. The van der Waals surface area contributed by atoms with Gasteiger partial charge in [-0.2, -0.15) is 0 Å². The van der Waals surface area contributed by atoms with Crippen LogP contribution in [0.5, 0.6) is 0 Å². The molecule has 1 aromatic carbocycles. The summed E-state index contributed by atoms with van der Waals surface area (Å²) in [4.78, 5) is 0. The summed E-state index contributed by atoms with van der Waals surface area (Å²) >= 11 is 3.47. The molecule has 4 atom stereocenters. The minimum Gasteiger partial charge on any atom is -0.310 e. The molecular formula is C17H23BrFN. The van der Waals surface area contributed by atoms with Crippen LogP contribution in [-0.4, -0.2) is 6.54 Å². The molecule has 0 radical (unpaired) electrons. The smallest absolute Gasteiger partial charge is 0.128 e. The molecule has 0 saturated heterocycles. The van der Waals surface area contributed by atoms with Crippen molar-refractivity contribution in [3.63, 3.8) is 0 Å². The average Bonchev–Trinajstić information content (AvgIpc) is 3.03. The number of halogens is 2. The van der Waals surface area contributed by atoms with Gasteiger partial charge in [0.1, 0.15) is 5.82 Å². The molecule has 110 valence electrons. The van der Waals surface area contributed by atoms with Gasteiger partial charge in [-0.1, -0.05) is 29.3 Å². The van der Waals surface area contributed by atoms with E-state index in [9.17, 15) is 4.39 Å². The van der Waals surface area contributed by atoms with E-state index in [0.717, 1.165) is 40.8 Å². The van der Waals surface area contributed by atoms with Gasteiger partial charge in [0.25, 0.3) is 0 Å². The van der Waals surface area contributed by atoms with Gasteiger partial charge in [-0.3, -0.25) is 0 Å². The van der Waals surface area contributed by atoms with Crippen molar-refractivity contribution in [2.75, 3.05) is 6.54 Å². The van der Waals surface area contributed by atoms with Gasteiger partial charge in [0.05, 0.1) is 0 Å². The summed E-state index contributed by atoms with van der Waals surface area (Å²) in [6.07, 6.45) is 6.70. The summed E-state index contributed by atoms with van der Waals surface area (Å²) in [6, 6.07) is 5.45. The highest BCUT2D eigenvalue weighted by Gasteiger charge is 2.40. The zero-order valence-corrected chi connectivity index (χ0v) is 13.6. The maximum atomic E-state index is 14.1. The van der Waals surface area contributed by atoms with Crippen LogP contribution in [0.3, 0.4) is 0 Å². The number of benzene rings is 1. The van der Waals surface area contributed by atoms with Crippen LogP contribution in [0, 0.1) is 23.6 Å². The third-order valence-corrected chi connectivity index (χ3v) is 5.70. The molecule has 1 nitrogen and oxygen atoms in total. The molecule has 2 aliphatic rings. The van der Waals surface area contributed by atoms with Crippen molar-refractivity contribution < 1.29 is 4.39 Å². The fourth-order valence-electron chi connectivity index (χ4n) is 4.32. The summed E-state index contributed by atoms with van der Waals surface area (Å²) in [5, 5.41) is 3.49. The summed E-state index contributed by atoms with van der Waals surface area (Å²) < 4.78 is 15.1. The summed E-state index contributed by atoms with van der Waals surface area (Å²) in [6.45, 7) is 2.99. The Kier molecular flexibility index (Phi) is 4.46. The van der Waals surface area contributed by atoms with E-state index < -0.39 is 0 Å². The van der Waals surface area contributed by atoms with Crippen LogP contribution in [0.1, 0.15) is 50.6 Å². The number of nitrogens with one attached hydrogen (secondary N) is 1. The van der Waals surface area contributed by atoms with Gasteiger partial charge in [0, 0.05) is 16.1 Å². The first kappa shape index (κ1) is 14.5. The normalized spacial score (nSPS) is 29.9. The van der Waals surface area contributed by atoms with Crippen LogP contribution < -0.4 is 5.32 Å². The van der Waals surface area contributed by atoms with Crippen LogP contribution in [0.4, 0.5) is 4.39 Å². The maximum absolute atomic E-state index is 14.1. The Morgan fingerprint density at radius 1 is 1.35 bits per heavy atom. The van der Waals surface area contributed by atoms with E-state index in [4.69, 9.17) is 0 Å². The van der Waals surface area contributed by atoms with Crippen molar-refractivity contribution in [3.05, 3.63) is 34.1 Å².